The highest BCUT2D eigenvalue weighted by Crippen LogP contribution is 2.18. The summed E-state index contributed by atoms with van der Waals surface area (Å²) in [6.45, 7) is 6.70. The third-order valence-corrected chi connectivity index (χ3v) is 14.9. The van der Waals surface area contributed by atoms with Gasteiger partial charge in [-0.2, -0.15) is 0 Å². The number of carbonyl (C=O) groups excluding carboxylic acids is 3. The Morgan fingerprint density at radius 3 is 0.685 bits per heavy atom. The lowest BCUT2D eigenvalue weighted by Crippen LogP contribution is -2.30. The summed E-state index contributed by atoms with van der Waals surface area (Å²) in [7, 11) is 0. The van der Waals surface area contributed by atoms with E-state index < -0.39 is 6.10 Å². The second kappa shape index (κ2) is 62.4. The summed E-state index contributed by atoms with van der Waals surface area (Å²) in [6, 6.07) is 0. The number of esters is 3. The van der Waals surface area contributed by atoms with E-state index in [2.05, 4.69) is 45.1 Å². The van der Waals surface area contributed by atoms with E-state index in [9.17, 15) is 14.4 Å². The molecule has 0 fully saturated rings. The normalized spacial score (nSPS) is 12.1. The van der Waals surface area contributed by atoms with E-state index in [1.807, 2.05) is 0 Å². The fourth-order valence-corrected chi connectivity index (χ4v) is 9.97. The zero-order chi connectivity index (χ0) is 52.9. The molecule has 0 aromatic rings. The Labute approximate surface area is 455 Å². The molecule has 0 bridgehead atoms. The fraction of sp³-hybridized carbons (Fsp3) is 0.896. The van der Waals surface area contributed by atoms with Gasteiger partial charge in [-0.05, 0) is 70.6 Å². The first-order chi connectivity index (χ1) is 36.0. The van der Waals surface area contributed by atoms with Crippen LogP contribution in [-0.4, -0.2) is 37.2 Å². The Balaban J connectivity index is 4.28. The van der Waals surface area contributed by atoms with Crippen LogP contribution in [0.25, 0.3) is 0 Å². The van der Waals surface area contributed by atoms with Crippen molar-refractivity contribution in [2.75, 3.05) is 13.2 Å². The third kappa shape index (κ3) is 60.6. The number of rotatable bonds is 61. The highest BCUT2D eigenvalue weighted by molar-refractivity contribution is 5.71. The summed E-state index contributed by atoms with van der Waals surface area (Å²) in [5.41, 5.74) is 0. The van der Waals surface area contributed by atoms with Crippen LogP contribution < -0.4 is 0 Å². The van der Waals surface area contributed by atoms with Crippen molar-refractivity contribution >= 4 is 17.9 Å². The minimum atomic E-state index is -0.772. The van der Waals surface area contributed by atoms with Gasteiger partial charge in [0.1, 0.15) is 13.2 Å². The number of ether oxygens (including phenoxy) is 3. The Hall–Kier alpha value is -2.11. The van der Waals surface area contributed by atoms with Gasteiger partial charge >= 0.3 is 17.9 Å². The Kier molecular flexibility index (Phi) is 60.6. The first-order valence-electron chi connectivity index (χ1n) is 32.8. The summed E-state index contributed by atoms with van der Waals surface area (Å²) >= 11 is 0. The van der Waals surface area contributed by atoms with Crippen molar-refractivity contribution in [1.82, 2.24) is 0 Å². The number of hydrogen-bond donors (Lipinski definition) is 0. The molecular weight excluding hydrogens is 901 g/mol. The summed E-state index contributed by atoms with van der Waals surface area (Å²) in [6.07, 6.45) is 74.7. The van der Waals surface area contributed by atoms with Crippen LogP contribution in [0.1, 0.15) is 367 Å². The molecule has 0 aliphatic rings. The lowest BCUT2D eigenvalue weighted by Gasteiger charge is -2.18. The van der Waals surface area contributed by atoms with E-state index in [-0.39, 0.29) is 31.1 Å². The van der Waals surface area contributed by atoms with Gasteiger partial charge in [0.15, 0.2) is 6.10 Å². The van der Waals surface area contributed by atoms with Crippen LogP contribution in [0.3, 0.4) is 0 Å². The third-order valence-electron chi connectivity index (χ3n) is 14.9. The van der Waals surface area contributed by atoms with E-state index in [0.29, 0.717) is 19.3 Å². The molecule has 0 radical (unpaired) electrons. The quantitative estimate of drug-likeness (QED) is 0.0261. The standard InChI is InChI=1S/C67H126O6/c1-4-7-10-13-16-19-22-25-28-30-31-32-33-34-35-37-39-42-45-48-51-54-57-60-66(69)72-63-64(62-71-65(68)59-56-53-50-47-44-41-38-27-24-21-18-15-12-9-6-3)73-67(70)61-58-55-52-49-46-43-40-36-29-26-23-20-17-14-11-8-5-2/h27,30-31,38,64H,4-26,28-29,32-37,39-63H2,1-3H3/b31-30-,38-27-. The molecule has 73 heavy (non-hydrogen) atoms. The maximum atomic E-state index is 12.9. The van der Waals surface area contributed by atoms with Crippen LogP contribution in [0, 0.1) is 0 Å². The lowest BCUT2D eigenvalue weighted by atomic mass is 10.0. The SMILES string of the molecule is CCCCCCCC/C=C\CCCCCCCC(=O)OCC(COC(=O)CCCCCCCCCCCCC/C=C\CCCCCCCCCC)OC(=O)CCCCCCCCCCCCCCCCCCC. The van der Waals surface area contributed by atoms with Crippen molar-refractivity contribution in [1.29, 1.82) is 0 Å². The number of hydrogen-bond acceptors (Lipinski definition) is 6. The van der Waals surface area contributed by atoms with E-state index >= 15 is 0 Å². The van der Waals surface area contributed by atoms with Gasteiger partial charge in [0.2, 0.25) is 0 Å². The summed E-state index contributed by atoms with van der Waals surface area (Å²) in [4.78, 5) is 38.3. The van der Waals surface area contributed by atoms with Gasteiger partial charge < -0.3 is 14.2 Å². The molecule has 0 amide bonds. The zero-order valence-electron chi connectivity index (χ0n) is 49.4. The molecular formula is C67H126O6. The predicted molar refractivity (Wildman–Crippen MR) is 316 cm³/mol. The molecule has 0 heterocycles. The molecule has 1 unspecified atom stereocenters. The molecule has 6 heteroatoms. The number of carbonyl (C=O) groups is 3. The smallest absolute Gasteiger partial charge is 0.306 e. The van der Waals surface area contributed by atoms with Crippen LogP contribution in [-0.2, 0) is 28.6 Å². The summed E-state index contributed by atoms with van der Waals surface area (Å²) in [5.74, 6) is -0.851. The second-order valence-corrected chi connectivity index (χ2v) is 22.4. The molecule has 0 aromatic carbocycles. The first kappa shape index (κ1) is 70.9. The van der Waals surface area contributed by atoms with Crippen LogP contribution in [0.2, 0.25) is 0 Å². The van der Waals surface area contributed by atoms with E-state index in [0.717, 1.165) is 64.2 Å². The lowest BCUT2D eigenvalue weighted by molar-refractivity contribution is -0.167. The van der Waals surface area contributed by atoms with Crippen LogP contribution in [0.5, 0.6) is 0 Å². The molecule has 0 spiro atoms. The van der Waals surface area contributed by atoms with Crippen LogP contribution in [0.15, 0.2) is 24.3 Å². The Morgan fingerprint density at radius 1 is 0.260 bits per heavy atom. The molecule has 0 aliphatic heterocycles. The van der Waals surface area contributed by atoms with Gasteiger partial charge in [-0.1, -0.05) is 302 Å². The highest BCUT2D eigenvalue weighted by Gasteiger charge is 2.19. The zero-order valence-corrected chi connectivity index (χ0v) is 49.4. The number of allylic oxidation sites excluding steroid dienone is 4. The van der Waals surface area contributed by atoms with Crippen LogP contribution >= 0.6 is 0 Å². The average molecular weight is 1030 g/mol. The summed E-state index contributed by atoms with van der Waals surface area (Å²) < 4.78 is 17.0. The van der Waals surface area contributed by atoms with Crippen molar-refractivity contribution in [3.63, 3.8) is 0 Å². The molecule has 0 saturated heterocycles. The van der Waals surface area contributed by atoms with E-state index in [1.54, 1.807) is 0 Å². The van der Waals surface area contributed by atoms with Gasteiger partial charge in [0, 0.05) is 19.3 Å². The maximum absolute atomic E-state index is 12.9. The van der Waals surface area contributed by atoms with Crippen molar-refractivity contribution in [3.8, 4) is 0 Å². The van der Waals surface area contributed by atoms with Gasteiger partial charge in [-0.25, -0.2) is 0 Å². The van der Waals surface area contributed by atoms with Crippen molar-refractivity contribution in [2.24, 2.45) is 0 Å². The predicted octanol–water partition coefficient (Wildman–Crippen LogP) is 22.2. The van der Waals surface area contributed by atoms with E-state index in [4.69, 9.17) is 14.2 Å². The molecule has 430 valence electrons. The Bertz CT molecular complexity index is 1180. The maximum Gasteiger partial charge on any atom is 0.306 e. The largest absolute Gasteiger partial charge is 0.462 e. The van der Waals surface area contributed by atoms with Crippen LogP contribution in [0.4, 0.5) is 0 Å². The minimum absolute atomic E-state index is 0.0691. The molecule has 1 atom stereocenters. The van der Waals surface area contributed by atoms with Gasteiger partial charge in [0.25, 0.3) is 0 Å². The fourth-order valence-electron chi connectivity index (χ4n) is 9.97. The van der Waals surface area contributed by atoms with Crippen molar-refractivity contribution < 1.29 is 28.6 Å². The summed E-state index contributed by atoms with van der Waals surface area (Å²) in [5, 5.41) is 0. The first-order valence-corrected chi connectivity index (χ1v) is 32.8. The minimum Gasteiger partial charge on any atom is -0.462 e. The van der Waals surface area contributed by atoms with Gasteiger partial charge in [-0.3, -0.25) is 14.4 Å². The highest BCUT2D eigenvalue weighted by atomic mass is 16.6. The molecule has 0 saturated carbocycles. The molecule has 0 rings (SSSR count). The molecule has 0 aromatic heterocycles. The monoisotopic (exact) mass is 1030 g/mol. The van der Waals surface area contributed by atoms with Crippen molar-refractivity contribution in [3.05, 3.63) is 24.3 Å². The van der Waals surface area contributed by atoms with Crippen molar-refractivity contribution in [2.45, 2.75) is 374 Å². The Morgan fingerprint density at radius 2 is 0.452 bits per heavy atom. The molecule has 6 nitrogen and oxygen atoms in total. The topological polar surface area (TPSA) is 78.9 Å². The average Bonchev–Trinajstić information content (AvgIpc) is 3.39. The van der Waals surface area contributed by atoms with Gasteiger partial charge in [0.05, 0.1) is 0 Å². The molecule has 0 N–H and O–H groups in total. The number of unbranched alkanes of at least 4 members (excludes halogenated alkanes) is 46. The van der Waals surface area contributed by atoms with E-state index in [1.165, 1.54) is 263 Å². The second-order valence-electron chi connectivity index (χ2n) is 22.4. The molecule has 0 aliphatic carbocycles. The van der Waals surface area contributed by atoms with Gasteiger partial charge in [-0.15, -0.1) is 0 Å².